The molecule has 0 fully saturated rings. The highest BCUT2D eigenvalue weighted by Gasteiger charge is 2.32. The van der Waals surface area contributed by atoms with Crippen molar-refractivity contribution in [2.45, 2.75) is 19.3 Å². The lowest BCUT2D eigenvalue weighted by Crippen LogP contribution is -2.25. The van der Waals surface area contributed by atoms with E-state index in [4.69, 9.17) is 21.1 Å². The van der Waals surface area contributed by atoms with Gasteiger partial charge in [-0.25, -0.2) is 4.68 Å². The van der Waals surface area contributed by atoms with Crippen molar-refractivity contribution < 1.29 is 14.3 Å². The number of anilines is 1. The second-order valence-corrected chi connectivity index (χ2v) is 7.09. The lowest BCUT2D eigenvalue weighted by molar-refractivity contribution is -0.116. The topological polar surface area (TPSA) is 65.4 Å². The largest absolute Gasteiger partial charge is 0.493 e. The molecule has 0 bridgehead atoms. The molecule has 7 heteroatoms. The zero-order valence-corrected chi connectivity index (χ0v) is 16.6. The highest BCUT2D eigenvalue weighted by molar-refractivity contribution is 6.31. The third kappa shape index (κ3) is 2.99. The van der Waals surface area contributed by atoms with Crippen LogP contribution < -0.4 is 14.8 Å². The summed E-state index contributed by atoms with van der Waals surface area (Å²) in [5.41, 5.74) is 3.58. The van der Waals surface area contributed by atoms with Crippen molar-refractivity contribution in [1.82, 2.24) is 9.78 Å². The quantitative estimate of drug-likeness (QED) is 0.711. The van der Waals surface area contributed by atoms with Crippen LogP contribution in [-0.4, -0.2) is 29.9 Å². The molecule has 4 rings (SSSR count). The number of carbonyl (C=O) groups excluding carboxylic acids is 1. The molecule has 0 spiro atoms. The lowest BCUT2D eigenvalue weighted by atomic mass is 9.86. The Bertz CT molecular complexity index is 1060. The number of amides is 1. The van der Waals surface area contributed by atoms with Crippen molar-refractivity contribution in [2.75, 3.05) is 19.5 Å². The van der Waals surface area contributed by atoms with E-state index in [9.17, 15) is 4.79 Å². The first-order valence-electron chi connectivity index (χ1n) is 8.88. The van der Waals surface area contributed by atoms with Gasteiger partial charge in [0.15, 0.2) is 11.5 Å². The van der Waals surface area contributed by atoms with Gasteiger partial charge in [0.1, 0.15) is 5.82 Å². The van der Waals surface area contributed by atoms with Crippen LogP contribution in [0.1, 0.15) is 29.0 Å². The standard InChI is InChI=1S/C21H20ClN3O3/c1-12-7-8-13(9-17(12)22)25-21-16(11-23-25)15(10-19(26)24-21)14-5-4-6-18(27-2)20(14)28-3/h4-9,11,15H,10H2,1-3H3,(H,24,26). The van der Waals surface area contributed by atoms with Gasteiger partial charge in [0.05, 0.1) is 26.1 Å². The van der Waals surface area contributed by atoms with E-state index in [0.717, 1.165) is 22.4 Å². The van der Waals surface area contributed by atoms with Crippen molar-refractivity contribution in [3.63, 3.8) is 0 Å². The molecule has 0 radical (unpaired) electrons. The summed E-state index contributed by atoms with van der Waals surface area (Å²) < 4.78 is 12.7. The molecular weight excluding hydrogens is 378 g/mol. The fourth-order valence-corrected chi connectivity index (χ4v) is 3.77. The molecule has 1 aromatic heterocycles. The summed E-state index contributed by atoms with van der Waals surface area (Å²) in [5, 5.41) is 8.12. The van der Waals surface area contributed by atoms with Gasteiger partial charge >= 0.3 is 0 Å². The maximum Gasteiger partial charge on any atom is 0.226 e. The molecule has 3 aromatic rings. The van der Waals surface area contributed by atoms with Crippen LogP contribution in [0.2, 0.25) is 5.02 Å². The number of carbonyl (C=O) groups is 1. The van der Waals surface area contributed by atoms with Crippen molar-refractivity contribution in [2.24, 2.45) is 0 Å². The Morgan fingerprint density at radius 3 is 2.71 bits per heavy atom. The molecule has 1 amide bonds. The maximum absolute atomic E-state index is 12.5. The van der Waals surface area contributed by atoms with Crippen LogP contribution >= 0.6 is 11.6 Å². The summed E-state index contributed by atoms with van der Waals surface area (Å²) in [5.74, 6) is 1.63. The first kappa shape index (κ1) is 18.4. The summed E-state index contributed by atoms with van der Waals surface area (Å²) in [6, 6.07) is 11.4. The second kappa shape index (κ2) is 7.20. The van der Waals surface area contributed by atoms with Gasteiger partial charge in [-0.2, -0.15) is 5.10 Å². The monoisotopic (exact) mass is 397 g/mol. The van der Waals surface area contributed by atoms with E-state index in [1.807, 2.05) is 43.3 Å². The van der Waals surface area contributed by atoms with Gasteiger partial charge in [0, 0.05) is 28.5 Å². The summed E-state index contributed by atoms with van der Waals surface area (Å²) >= 11 is 6.28. The van der Waals surface area contributed by atoms with Crippen LogP contribution in [0.4, 0.5) is 5.82 Å². The first-order valence-corrected chi connectivity index (χ1v) is 9.26. The molecule has 144 valence electrons. The first-order chi connectivity index (χ1) is 13.5. The Kier molecular flexibility index (Phi) is 4.73. The lowest BCUT2D eigenvalue weighted by Gasteiger charge is -2.25. The number of hydrogen-bond acceptors (Lipinski definition) is 4. The number of halogens is 1. The third-order valence-electron chi connectivity index (χ3n) is 5.03. The predicted octanol–water partition coefficient (Wildman–Crippen LogP) is 4.33. The average Bonchev–Trinajstić information content (AvgIpc) is 3.12. The summed E-state index contributed by atoms with van der Waals surface area (Å²) in [7, 11) is 3.20. The zero-order chi connectivity index (χ0) is 19.8. The molecule has 2 heterocycles. The third-order valence-corrected chi connectivity index (χ3v) is 5.44. The van der Waals surface area contributed by atoms with E-state index in [2.05, 4.69) is 10.4 Å². The molecule has 0 aliphatic carbocycles. The number of hydrogen-bond donors (Lipinski definition) is 1. The fourth-order valence-electron chi connectivity index (χ4n) is 3.59. The van der Waals surface area contributed by atoms with Crippen molar-refractivity contribution in [1.29, 1.82) is 0 Å². The molecule has 2 aromatic carbocycles. The number of para-hydroxylation sites is 1. The molecule has 1 atom stereocenters. The number of rotatable bonds is 4. The van der Waals surface area contributed by atoms with E-state index in [-0.39, 0.29) is 11.8 Å². The number of nitrogens with one attached hydrogen (secondary N) is 1. The molecule has 1 aliphatic heterocycles. The number of fused-ring (bicyclic) bond motifs is 1. The van der Waals surface area contributed by atoms with Gasteiger partial charge in [-0.15, -0.1) is 0 Å². The van der Waals surface area contributed by atoms with Gasteiger partial charge < -0.3 is 14.8 Å². The van der Waals surface area contributed by atoms with Gasteiger partial charge in [-0.3, -0.25) is 4.79 Å². The number of aryl methyl sites for hydroxylation is 1. The van der Waals surface area contributed by atoms with Crippen LogP contribution in [0.15, 0.2) is 42.6 Å². The fraction of sp³-hybridized carbons (Fsp3) is 0.238. The van der Waals surface area contributed by atoms with Crippen LogP contribution in [0.3, 0.4) is 0 Å². The number of aromatic nitrogens is 2. The van der Waals surface area contributed by atoms with Gasteiger partial charge in [0.25, 0.3) is 0 Å². The van der Waals surface area contributed by atoms with E-state index < -0.39 is 0 Å². The smallest absolute Gasteiger partial charge is 0.226 e. The van der Waals surface area contributed by atoms with Gasteiger partial charge in [-0.1, -0.05) is 29.8 Å². The van der Waals surface area contributed by atoms with Gasteiger partial charge in [-0.05, 0) is 30.7 Å². The van der Waals surface area contributed by atoms with E-state index >= 15 is 0 Å². The van der Waals surface area contributed by atoms with E-state index in [1.54, 1.807) is 25.1 Å². The second-order valence-electron chi connectivity index (χ2n) is 6.68. The Hall–Kier alpha value is -2.99. The van der Waals surface area contributed by atoms with Crippen molar-refractivity contribution in [3.05, 3.63) is 64.3 Å². The molecule has 1 N–H and O–H groups in total. The van der Waals surface area contributed by atoms with Crippen LogP contribution in [0.5, 0.6) is 11.5 Å². The predicted molar refractivity (Wildman–Crippen MR) is 108 cm³/mol. The SMILES string of the molecule is COc1cccc(C2CC(=O)Nc3c2cnn3-c2ccc(C)c(Cl)c2)c1OC. The summed E-state index contributed by atoms with van der Waals surface area (Å²) in [4.78, 5) is 12.5. The van der Waals surface area contributed by atoms with Gasteiger partial charge in [0.2, 0.25) is 5.91 Å². The van der Waals surface area contributed by atoms with E-state index in [0.29, 0.717) is 28.8 Å². The zero-order valence-electron chi connectivity index (χ0n) is 15.8. The minimum atomic E-state index is -0.191. The van der Waals surface area contributed by atoms with Crippen molar-refractivity contribution >= 4 is 23.3 Å². The van der Waals surface area contributed by atoms with E-state index in [1.165, 1.54) is 0 Å². The number of nitrogens with zero attached hydrogens (tertiary/aromatic N) is 2. The molecule has 0 saturated heterocycles. The summed E-state index contributed by atoms with van der Waals surface area (Å²) in [6.45, 7) is 1.94. The Labute approximate surface area is 168 Å². The number of benzene rings is 2. The summed E-state index contributed by atoms with van der Waals surface area (Å²) in [6.07, 6.45) is 2.09. The normalized spacial score (nSPS) is 15.7. The molecule has 1 aliphatic rings. The molecule has 1 unspecified atom stereocenters. The Morgan fingerprint density at radius 1 is 1.18 bits per heavy atom. The highest BCUT2D eigenvalue weighted by atomic mass is 35.5. The minimum absolute atomic E-state index is 0.0812. The molecular formula is C21H20ClN3O3. The van der Waals surface area contributed by atoms with Crippen molar-refractivity contribution in [3.8, 4) is 17.2 Å². The maximum atomic E-state index is 12.5. The highest BCUT2D eigenvalue weighted by Crippen LogP contribution is 2.44. The van der Waals surface area contributed by atoms with Crippen LogP contribution in [0, 0.1) is 6.92 Å². The molecule has 6 nitrogen and oxygen atoms in total. The van der Waals surface area contributed by atoms with Crippen LogP contribution in [0.25, 0.3) is 5.69 Å². The number of methoxy groups -OCH3 is 2. The van der Waals surface area contributed by atoms with Crippen LogP contribution in [-0.2, 0) is 4.79 Å². The average molecular weight is 398 g/mol. The number of ether oxygens (including phenoxy) is 2. The minimum Gasteiger partial charge on any atom is -0.493 e. The molecule has 28 heavy (non-hydrogen) atoms. The Morgan fingerprint density at radius 2 is 2.00 bits per heavy atom. The Balaban J connectivity index is 1.85. The molecule has 0 saturated carbocycles.